The second-order valence-electron chi connectivity index (χ2n) is 5.32. The van der Waals surface area contributed by atoms with Crippen molar-refractivity contribution in [1.29, 1.82) is 0 Å². The van der Waals surface area contributed by atoms with Crippen molar-refractivity contribution >= 4 is 23.2 Å². The Hall–Kier alpha value is -2.02. The van der Waals surface area contributed by atoms with Crippen molar-refractivity contribution in [2.45, 2.75) is 19.3 Å². The molecule has 1 aromatic heterocycles. The van der Waals surface area contributed by atoms with Crippen molar-refractivity contribution in [2.75, 3.05) is 0 Å². The summed E-state index contributed by atoms with van der Waals surface area (Å²) in [5, 5.41) is 4.96. The van der Waals surface area contributed by atoms with Gasteiger partial charge in [-0.2, -0.15) is 5.10 Å². The quantitative estimate of drug-likeness (QED) is 0.612. The fraction of sp³-hybridized carbons (Fsp3) is 0.176. The van der Waals surface area contributed by atoms with E-state index in [0.717, 1.165) is 6.07 Å². The monoisotopic (exact) mass is 383 g/mol. The maximum atomic E-state index is 14.2. The summed E-state index contributed by atoms with van der Waals surface area (Å²) >= 11 is 12.0. The number of rotatable bonds is 6. The number of benzene rings is 2. The molecule has 0 aliphatic rings. The lowest BCUT2D eigenvalue weighted by molar-refractivity contribution is 0.0234. The minimum atomic E-state index is -0.700. The first kappa shape index (κ1) is 17.8. The van der Waals surface area contributed by atoms with Gasteiger partial charge in [0.25, 0.3) is 0 Å². The van der Waals surface area contributed by atoms with E-state index in [4.69, 9.17) is 27.9 Å². The minimum absolute atomic E-state index is 0.131. The summed E-state index contributed by atoms with van der Waals surface area (Å²) in [7, 11) is 0. The SMILES string of the molecule is Fc1ccc(C(Cn2cncn2)OCc2ccc(Cl)cc2Cl)c(F)c1. The maximum absolute atomic E-state index is 14.2. The van der Waals surface area contributed by atoms with Crippen molar-refractivity contribution in [3.05, 3.63) is 81.9 Å². The molecule has 0 N–H and O–H groups in total. The Kier molecular flexibility index (Phi) is 5.63. The summed E-state index contributed by atoms with van der Waals surface area (Å²) < 4.78 is 34.7. The summed E-state index contributed by atoms with van der Waals surface area (Å²) in [6, 6.07) is 8.39. The van der Waals surface area contributed by atoms with Crippen molar-refractivity contribution < 1.29 is 13.5 Å². The zero-order valence-electron chi connectivity index (χ0n) is 12.9. The Morgan fingerprint density at radius 1 is 1.12 bits per heavy atom. The van der Waals surface area contributed by atoms with E-state index in [1.54, 1.807) is 18.2 Å². The van der Waals surface area contributed by atoms with Crippen molar-refractivity contribution in [3.63, 3.8) is 0 Å². The molecule has 3 aromatic rings. The maximum Gasteiger partial charge on any atom is 0.137 e. The summed E-state index contributed by atoms with van der Waals surface area (Å²) in [4.78, 5) is 3.85. The topological polar surface area (TPSA) is 39.9 Å². The van der Waals surface area contributed by atoms with Crippen LogP contribution in [0.15, 0.2) is 49.1 Å². The van der Waals surface area contributed by atoms with Crippen LogP contribution < -0.4 is 0 Å². The Morgan fingerprint density at radius 2 is 1.96 bits per heavy atom. The van der Waals surface area contributed by atoms with E-state index in [2.05, 4.69) is 10.1 Å². The number of aromatic nitrogens is 3. The molecule has 1 unspecified atom stereocenters. The molecule has 2 aromatic carbocycles. The van der Waals surface area contributed by atoms with Gasteiger partial charge in [-0.1, -0.05) is 35.3 Å². The Morgan fingerprint density at radius 3 is 2.64 bits per heavy atom. The molecule has 4 nitrogen and oxygen atoms in total. The molecule has 25 heavy (non-hydrogen) atoms. The molecule has 0 amide bonds. The van der Waals surface area contributed by atoms with Gasteiger partial charge < -0.3 is 4.74 Å². The molecule has 0 aliphatic carbocycles. The largest absolute Gasteiger partial charge is 0.367 e. The van der Waals surface area contributed by atoms with Gasteiger partial charge in [0.2, 0.25) is 0 Å². The third-order valence-electron chi connectivity index (χ3n) is 3.58. The predicted octanol–water partition coefficient (Wildman–Crippen LogP) is 4.82. The lowest BCUT2D eigenvalue weighted by atomic mass is 10.1. The fourth-order valence-electron chi connectivity index (χ4n) is 2.33. The van der Waals surface area contributed by atoms with E-state index in [1.165, 1.54) is 29.5 Å². The van der Waals surface area contributed by atoms with Crippen LogP contribution in [0.5, 0.6) is 0 Å². The van der Waals surface area contributed by atoms with Gasteiger partial charge in [-0.05, 0) is 23.8 Å². The molecular weight excluding hydrogens is 371 g/mol. The van der Waals surface area contributed by atoms with Crippen LogP contribution in [0.3, 0.4) is 0 Å². The van der Waals surface area contributed by atoms with Crippen LogP contribution in [0.1, 0.15) is 17.2 Å². The first-order chi connectivity index (χ1) is 12.0. The van der Waals surface area contributed by atoms with Crippen LogP contribution in [0, 0.1) is 11.6 Å². The van der Waals surface area contributed by atoms with Gasteiger partial charge in [-0.15, -0.1) is 0 Å². The zero-order chi connectivity index (χ0) is 17.8. The average molecular weight is 384 g/mol. The Bertz CT molecular complexity index is 859. The molecule has 1 atom stereocenters. The summed E-state index contributed by atoms with van der Waals surface area (Å²) in [6.07, 6.45) is 2.16. The number of hydrogen-bond acceptors (Lipinski definition) is 3. The molecule has 0 saturated carbocycles. The first-order valence-electron chi connectivity index (χ1n) is 7.36. The van der Waals surface area contributed by atoms with Crippen molar-refractivity contribution in [1.82, 2.24) is 14.8 Å². The van der Waals surface area contributed by atoms with E-state index in [0.29, 0.717) is 15.6 Å². The van der Waals surface area contributed by atoms with E-state index >= 15 is 0 Å². The second kappa shape index (κ2) is 7.91. The molecule has 3 rings (SSSR count). The molecule has 0 aliphatic heterocycles. The molecule has 0 bridgehead atoms. The number of nitrogens with zero attached hydrogens (tertiary/aromatic N) is 3. The van der Waals surface area contributed by atoms with Gasteiger partial charge in [0, 0.05) is 21.7 Å². The third-order valence-corrected chi connectivity index (χ3v) is 4.17. The smallest absolute Gasteiger partial charge is 0.137 e. The van der Waals surface area contributed by atoms with Gasteiger partial charge >= 0.3 is 0 Å². The van der Waals surface area contributed by atoms with Crippen molar-refractivity contribution in [2.24, 2.45) is 0 Å². The van der Waals surface area contributed by atoms with Gasteiger partial charge in [-0.25, -0.2) is 13.8 Å². The molecular formula is C17H13Cl2F2N3O. The Balaban J connectivity index is 1.83. The summed E-state index contributed by atoms with van der Waals surface area (Å²) in [6.45, 7) is 0.347. The molecule has 0 spiro atoms. The van der Waals surface area contributed by atoms with Crippen LogP contribution >= 0.6 is 23.2 Å². The predicted molar refractivity (Wildman–Crippen MR) is 90.4 cm³/mol. The normalized spacial score (nSPS) is 12.3. The highest BCUT2D eigenvalue weighted by molar-refractivity contribution is 6.35. The molecule has 0 fully saturated rings. The van der Waals surface area contributed by atoms with Crippen LogP contribution in [-0.4, -0.2) is 14.8 Å². The lowest BCUT2D eigenvalue weighted by Gasteiger charge is -2.19. The standard InChI is InChI=1S/C17H13Cl2F2N3O/c18-12-2-1-11(15(19)5-12)8-25-17(7-24-10-22-9-23-24)14-4-3-13(20)6-16(14)21/h1-6,9-10,17H,7-8H2. The van der Waals surface area contributed by atoms with Gasteiger partial charge in [0.15, 0.2) is 0 Å². The fourth-order valence-corrected chi connectivity index (χ4v) is 2.79. The third kappa shape index (κ3) is 4.54. The highest BCUT2D eigenvalue weighted by Gasteiger charge is 2.19. The van der Waals surface area contributed by atoms with E-state index in [-0.39, 0.29) is 18.7 Å². The van der Waals surface area contributed by atoms with Crippen LogP contribution in [-0.2, 0) is 17.9 Å². The number of ether oxygens (including phenoxy) is 1. The van der Waals surface area contributed by atoms with Crippen LogP contribution in [0.2, 0.25) is 10.0 Å². The van der Waals surface area contributed by atoms with Crippen molar-refractivity contribution in [3.8, 4) is 0 Å². The van der Waals surface area contributed by atoms with Gasteiger partial charge in [-0.3, -0.25) is 4.68 Å². The molecule has 0 saturated heterocycles. The van der Waals surface area contributed by atoms with Gasteiger partial charge in [0.1, 0.15) is 30.4 Å². The van der Waals surface area contributed by atoms with Crippen LogP contribution in [0.25, 0.3) is 0 Å². The number of hydrogen-bond donors (Lipinski definition) is 0. The average Bonchev–Trinajstić information content (AvgIpc) is 3.06. The second-order valence-corrected chi connectivity index (χ2v) is 6.16. The van der Waals surface area contributed by atoms with E-state index in [9.17, 15) is 8.78 Å². The summed E-state index contributed by atoms with van der Waals surface area (Å²) in [5.41, 5.74) is 0.930. The molecule has 0 radical (unpaired) electrons. The lowest BCUT2D eigenvalue weighted by Crippen LogP contribution is -2.15. The Labute approximate surface area is 153 Å². The molecule has 130 valence electrons. The molecule has 1 heterocycles. The minimum Gasteiger partial charge on any atom is -0.367 e. The van der Waals surface area contributed by atoms with E-state index in [1.807, 2.05) is 0 Å². The summed E-state index contributed by atoms with van der Waals surface area (Å²) in [5.74, 6) is -1.34. The highest BCUT2D eigenvalue weighted by atomic mass is 35.5. The van der Waals surface area contributed by atoms with Gasteiger partial charge in [0.05, 0.1) is 13.2 Å². The van der Waals surface area contributed by atoms with Crippen LogP contribution in [0.4, 0.5) is 8.78 Å². The molecule has 8 heteroatoms. The number of halogens is 4. The highest BCUT2D eigenvalue weighted by Crippen LogP contribution is 2.27. The van der Waals surface area contributed by atoms with E-state index < -0.39 is 17.7 Å². The zero-order valence-corrected chi connectivity index (χ0v) is 14.4. The first-order valence-corrected chi connectivity index (χ1v) is 8.11.